The first-order valence-corrected chi connectivity index (χ1v) is 7.16. The minimum Gasteiger partial charge on any atom is -0.373 e. The van der Waals surface area contributed by atoms with Crippen LogP contribution in [0.15, 0.2) is 18.2 Å². The van der Waals surface area contributed by atoms with Crippen molar-refractivity contribution in [3.8, 4) is 0 Å². The number of hydrogen-bond donors (Lipinski definition) is 1. The predicted molar refractivity (Wildman–Crippen MR) is 81.6 cm³/mol. The first-order valence-electron chi connectivity index (χ1n) is 6.78. The molecule has 1 rings (SSSR count). The number of anilines is 1. The van der Waals surface area contributed by atoms with Crippen molar-refractivity contribution in [1.29, 1.82) is 0 Å². The molecular weight excluding hydrogens is 244 g/mol. The van der Waals surface area contributed by atoms with Crippen LogP contribution in [0.4, 0.5) is 5.69 Å². The number of rotatable bonds is 7. The van der Waals surface area contributed by atoms with E-state index in [4.69, 9.17) is 11.6 Å². The summed E-state index contributed by atoms with van der Waals surface area (Å²) in [6.07, 6.45) is 1.19. The molecule has 0 saturated carbocycles. The van der Waals surface area contributed by atoms with Gasteiger partial charge in [-0.2, -0.15) is 0 Å². The highest BCUT2D eigenvalue weighted by Crippen LogP contribution is 2.26. The summed E-state index contributed by atoms with van der Waals surface area (Å²) in [7, 11) is 2.11. The lowest BCUT2D eigenvalue weighted by atomic mass is 10.1. The quantitative estimate of drug-likeness (QED) is 0.806. The zero-order valence-electron chi connectivity index (χ0n) is 12.0. The maximum atomic E-state index is 6.36. The molecule has 1 aromatic rings. The third-order valence-electron chi connectivity index (χ3n) is 3.28. The van der Waals surface area contributed by atoms with Crippen LogP contribution in [0.3, 0.4) is 0 Å². The molecule has 0 radical (unpaired) electrons. The van der Waals surface area contributed by atoms with Gasteiger partial charge in [0.15, 0.2) is 0 Å². The summed E-state index contributed by atoms with van der Waals surface area (Å²) >= 11 is 6.36. The van der Waals surface area contributed by atoms with Gasteiger partial charge in [-0.3, -0.25) is 0 Å². The molecule has 0 fully saturated rings. The molecule has 0 aliphatic carbocycles. The fourth-order valence-corrected chi connectivity index (χ4v) is 2.28. The summed E-state index contributed by atoms with van der Waals surface area (Å²) in [6, 6.07) is 6.33. The Kier molecular flexibility index (Phi) is 6.51. The van der Waals surface area contributed by atoms with Gasteiger partial charge in [-0.05, 0) is 30.2 Å². The summed E-state index contributed by atoms with van der Waals surface area (Å²) in [4.78, 5) is 2.24. The summed E-state index contributed by atoms with van der Waals surface area (Å²) in [6.45, 7) is 9.50. The standard InChI is InChI=1S/C15H25ClN2/c1-5-12(3)11-18(4)15-8-7-13(9-14(15)16)10-17-6-2/h7-9,12,17H,5-6,10-11H2,1-4H3. The number of nitrogens with one attached hydrogen (secondary N) is 1. The lowest BCUT2D eigenvalue weighted by Crippen LogP contribution is -2.24. The van der Waals surface area contributed by atoms with Crippen LogP contribution in [0.2, 0.25) is 5.02 Å². The van der Waals surface area contributed by atoms with Crippen LogP contribution in [-0.2, 0) is 6.54 Å². The van der Waals surface area contributed by atoms with E-state index in [1.54, 1.807) is 0 Å². The Morgan fingerprint density at radius 1 is 1.33 bits per heavy atom. The molecule has 3 heteroatoms. The van der Waals surface area contributed by atoms with Crippen molar-refractivity contribution in [2.75, 3.05) is 25.0 Å². The van der Waals surface area contributed by atoms with E-state index in [-0.39, 0.29) is 0 Å². The Morgan fingerprint density at radius 2 is 2.06 bits per heavy atom. The summed E-state index contributed by atoms with van der Waals surface area (Å²) in [5.74, 6) is 0.688. The Hall–Kier alpha value is -0.730. The molecule has 0 aliphatic rings. The Labute approximate surface area is 116 Å². The molecule has 1 unspecified atom stereocenters. The number of nitrogens with zero attached hydrogens (tertiary/aromatic N) is 1. The normalized spacial score (nSPS) is 12.5. The largest absolute Gasteiger partial charge is 0.373 e. The smallest absolute Gasteiger partial charge is 0.0642 e. The number of halogens is 1. The van der Waals surface area contributed by atoms with Gasteiger partial charge >= 0.3 is 0 Å². The molecule has 18 heavy (non-hydrogen) atoms. The SMILES string of the molecule is CCNCc1ccc(N(C)CC(C)CC)c(Cl)c1. The molecule has 0 aromatic heterocycles. The Bertz CT molecular complexity index is 366. The molecule has 1 atom stereocenters. The van der Waals surface area contributed by atoms with E-state index in [2.05, 4.69) is 56.2 Å². The van der Waals surface area contributed by atoms with Crippen LogP contribution in [0, 0.1) is 5.92 Å². The van der Waals surface area contributed by atoms with E-state index in [9.17, 15) is 0 Å². The van der Waals surface area contributed by atoms with Gasteiger partial charge in [0.05, 0.1) is 10.7 Å². The molecule has 102 valence electrons. The zero-order valence-corrected chi connectivity index (χ0v) is 12.7. The molecule has 2 nitrogen and oxygen atoms in total. The summed E-state index contributed by atoms with van der Waals surface area (Å²) < 4.78 is 0. The van der Waals surface area contributed by atoms with Gasteiger partial charge < -0.3 is 10.2 Å². The monoisotopic (exact) mass is 268 g/mol. The van der Waals surface area contributed by atoms with Crippen LogP contribution in [0.5, 0.6) is 0 Å². The van der Waals surface area contributed by atoms with E-state index >= 15 is 0 Å². The van der Waals surface area contributed by atoms with Crippen molar-refractivity contribution in [3.05, 3.63) is 28.8 Å². The maximum Gasteiger partial charge on any atom is 0.0642 e. The van der Waals surface area contributed by atoms with Crippen molar-refractivity contribution >= 4 is 17.3 Å². The molecule has 0 aliphatic heterocycles. The van der Waals surface area contributed by atoms with Crippen molar-refractivity contribution in [2.45, 2.75) is 33.7 Å². The molecular formula is C15H25ClN2. The fourth-order valence-electron chi connectivity index (χ4n) is 1.93. The average molecular weight is 269 g/mol. The molecule has 0 amide bonds. The molecule has 0 bridgehead atoms. The van der Waals surface area contributed by atoms with Crippen LogP contribution in [0.1, 0.15) is 32.8 Å². The number of hydrogen-bond acceptors (Lipinski definition) is 2. The van der Waals surface area contributed by atoms with Crippen LogP contribution < -0.4 is 10.2 Å². The second kappa shape index (κ2) is 7.65. The van der Waals surface area contributed by atoms with Crippen molar-refractivity contribution < 1.29 is 0 Å². The Balaban J connectivity index is 2.72. The minimum absolute atomic E-state index is 0.688. The summed E-state index contributed by atoms with van der Waals surface area (Å²) in [5, 5.41) is 4.15. The second-order valence-electron chi connectivity index (χ2n) is 4.96. The highest BCUT2D eigenvalue weighted by atomic mass is 35.5. The third-order valence-corrected chi connectivity index (χ3v) is 3.59. The van der Waals surface area contributed by atoms with Crippen LogP contribution >= 0.6 is 11.6 Å². The molecule has 1 N–H and O–H groups in total. The minimum atomic E-state index is 0.688. The van der Waals surface area contributed by atoms with E-state index in [0.29, 0.717) is 5.92 Å². The number of benzene rings is 1. The van der Waals surface area contributed by atoms with E-state index < -0.39 is 0 Å². The topological polar surface area (TPSA) is 15.3 Å². The first-order chi connectivity index (χ1) is 8.58. The van der Waals surface area contributed by atoms with Crippen LogP contribution in [-0.4, -0.2) is 20.1 Å². The molecule has 0 heterocycles. The second-order valence-corrected chi connectivity index (χ2v) is 5.37. The van der Waals surface area contributed by atoms with E-state index in [1.807, 2.05) is 0 Å². The van der Waals surface area contributed by atoms with Gasteiger partial charge in [-0.25, -0.2) is 0 Å². The molecule has 0 spiro atoms. The molecule has 1 aromatic carbocycles. The third kappa shape index (κ3) is 4.51. The lowest BCUT2D eigenvalue weighted by Gasteiger charge is -2.24. The summed E-state index contributed by atoms with van der Waals surface area (Å²) in [5.41, 5.74) is 2.36. The molecule has 0 saturated heterocycles. The Morgan fingerprint density at radius 3 is 2.61 bits per heavy atom. The van der Waals surface area contributed by atoms with Crippen molar-refractivity contribution in [3.63, 3.8) is 0 Å². The van der Waals surface area contributed by atoms with Gasteiger partial charge in [0.1, 0.15) is 0 Å². The van der Waals surface area contributed by atoms with Crippen molar-refractivity contribution in [2.24, 2.45) is 5.92 Å². The maximum absolute atomic E-state index is 6.36. The highest BCUT2D eigenvalue weighted by Gasteiger charge is 2.09. The van der Waals surface area contributed by atoms with Gasteiger partial charge in [-0.1, -0.05) is 44.9 Å². The fraction of sp³-hybridized carbons (Fsp3) is 0.600. The van der Waals surface area contributed by atoms with Gasteiger partial charge in [0, 0.05) is 20.1 Å². The van der Waals surface area contributed by atoms with Gasteiger partial charge in [0.2, 0.25) is 0 Å². The zero-order chi connectivity index (χ0) is 13.5. The highest BCUT2D eigenvalue weighted by molar-refractivity contribution is 6.33. The lowest BCUT2D eigenvalue weighted by molar-refractivity contribution is 0.560. The van der Waals surface area contributed by atoms with E-state index in [1.165, 1.54) is 12.0 Å². The van der Waals surface area contributed by atoms with Gasteiger partial charge in [-0.15, -0.1) is 0 Å². The predicted octanol–water partition coefficient (Wildman–Crippen LogP) is 3.93. The van der Waals surface area contributed by atoms with Crippen LogP contribution in [0.25, 0.3) is 0 Å². The van der Waals surface area contributed by atoms with E-state index in [0.717, 1.165) is 30.3 Å². The average Bonchev–Trinajstić information content (AvgIpc) is 2.36. The van der Waals surface area contributed by atoms with Gasteiger partial charge in [0.25, 0.3) is 0 Å². The first kappa shape index (κ1) is 15.3. The van der Waals surface area contributed by atoms with Crippen molar-refractivity contribution in [1.82, 2.24) is 5.32 Å².